The number of rotatable bonds is 6. The zero-order valence-electron chi connectivity index (χ0n) is 12.9. The molecule has 0 aromatic heterocycles. The SMILES string of the molecule is COc1ccc(S(=O)(=O)N2CC(O)CC2C(=O)OCC(N)=O)cc1. The molecular weight excluding hydrogens is 340 g/mol. The standard InChI is InChI=1S/C14H18N2O7S/c1-22-10-2-4-11(5-3-10)24(20,21)16-7-9(17)6-12(16)14(19)23-8-13(15)18/h2-5,9,12,17H,6-8H2,1H3,(H2,15,18). The first-order valence-electron chi connectivity index (χ1n) is 7.04. The van der Waals surface area contributed by atoms with Crippen molar-refractivity contribution < 1.29 is 32.6 Å². The van der Waals surface area contributed by atoms with E-state index in [1.807, 2.05) is 0 Å². The van der Waals surface area contributed by atoms with Crippen LogP contribution in [-0.4, -0.2) is 62.1 Å². The van der Waals surface area contributed by atoms with Crippen molar-refractivity contribution in [1.29, 1.82) is 0 Å². The minimum Gasteiger partial charge on any atom is -0.497 e. The summed E-state index contributed by atoms with van der Waals surface area (Å²) in [5.41, 5.74) is 4.90. The minimum absolute atomic E-state index is 0.0508. The van der Waals surface area contributed by atoms with E-state index in [-0.39, 0.29) is 17.9 Å². The van der Waals surface area contributed by atoms with E-state index in [1.165, 1.54) is 31.4 Å². The number of esters is 1. The maximum atomic E-state index is 12.7. The predicted octanol–water partition coefficient (Wildman–Crippen LogP) is -1.15. The molecule has 24 heavy (non-hydrogen) atoms. The summed E-state index contributed by atoms with van der Waals surface area (Å²) in [4.78, 5) is 22.7. The topological polar surface area (TPSA) is 136 Å². The van der Waals surface area contributed by atoms with E-state index < -0.39 is 40.7 Å². The Morgan fingerprint density at radius 3 is 2.50 bits per heavy atom. The Labute approximate surface area is 139 Å². The van der Waals surface area contributed by atoms with Crippen LogP contribution in [-0.2, 0) is 24.3 Å². The molecule has 0 saturated carbocycles. The van der Waals surface area contributed by atoms with Crippen LogP contribution in [0.3, 0.4) is 0 Å². The number of carbonyl (C=O) groups excluding carboxylic acids is 2. The van der Waals surface area contributed by atoms with Gasteiger partial charge in [-0.05, 0) is 24.3 Å². The average molecular weight is 358 g/mol. The Morgan fingerprint density at radius 1 is 1.33 bits per heavy atom. The van der Waals surface area contributed by atoms with Crippen molar-refractivity contribution in [3.05, 3.63) is 24.3 Å². The molecule has 132 valence electrons. The largest absolute Gasteiger partial charge is 0.497 e. The van der Waals surface area contributed by atoms with Gasteiger partial charge in [0.05, 0.1) is 18.1 Å². The average Bonchev–Trinajstić information content (AvgIpc) is 2.95. The van der Waals surface area contributed by atoms with Gasteiger partial charge < -0.3 is 20.3 Å². The molecule has 9 nitrogen and oxygen atoms in total. The molecule has 0 radical (unpaired) electrons. The second-order valence-corrected chi connectivity index (χ2v) is 7.12. The van der Waals surface area contributed by atoms with E-state index in [1.54, 1.807) is 0 Å². The van der Waals surface area contributed by atoms with E-state index in [0.717, 1.165) is 4.31 Å². The van der Waals surface area contributed by atoms with Gasteiger partial charge in [-0.2, -0.15) is 4.31 Å². The van der Waals surface area contributed by atoms with Crippen LogP contribution in [0.15, 0.2) is 29.2 Å². The van der Waals surface area contributed by atoms with Gasteiger partial charge in [-0.25, -0.2) is 8.42 Å². The number of primary amides is 1. The number of β-amino-alcohol motifs (C(OH)–C–C–N with tert-alkyl or cyclic N) is 1. The molecule has 3 N–H and O–H groups in total. The fourth-order valence-corrected chi connectivity index (χ4v) is 4.01. The molecule has 1 aromatic rings. The summed E-state index contributed by atoms with van der Waals surface area (Å²) in [6.07, 6.45) is -1.13. The molecule has 1 fully saturated rings. The minimum atomic E-state index is -4.03. The summed E-state index contributed by atoms with van der Waals surface area (Å²) in [5.74, 6) is -1.30. The summed E-state index contributed by atoms with van der Waals surface area (Å²) in [7, 11) is -2.58. The quantitative estimate of drug-likeness (QED) is 0.613. The molecule has 0 spiro atoms. The summed E-state index contributed by atoms with van der Waals surface area (Å²) in [6.45, 7) is -0.896. The maximum absolute atomic E-state index is 12.7. The van der Waals surface area contributed by atoms with Crippen LogP contribution < -0.4 is 10.5 Å². The summed E-state index contributed by atoms with van der Waals surface area (Å²) in [6, 6.07) is 4.40. The van der Waals surface area contributed by atoms with Gasteiger partial charge in [-0.15, -0.1) is 0 Å². The molecule has 2 atom stereocenters. The van der Waals surface area contributed by atoms with Crippen LogP contribution in [0.25, 0.3) is 0 Å². The molecule has 0 aliphatic carbocycles. The van der Waals surface area contributed by atoms with Crippen LogP contribution in [0.4, 0.5) is 0 Å². The number of aliphatic hydroxyl groups is 1. The lowest BCUT2D eigenvalue weighted by Crippen LogP contribution is -2.42. The van der Waals surface area contributed by atoms with Gasteiger partial charge >= 0.3 is 5.97 Å². The van der Waals surface area contributed by atoms with Crippen LogP contribution in [0.1, 0.15) is 6.42 Å². The summed E-state index contributed by atoms with van der Waals surface area (Å²) >= 11 is 0. The third kappa shape index (κ3) is 3.83. The van der Waals surface area contributed by atoms with E-state index >= 15 is 0 Å². The molecule has 1 aliphatic rings. The molecule has 0 bridgehead atoms. The molecule has 1 aromatic carbocycles. The van der Waals surface area contributed by atoms with Crippen molar-refractivity contribution in [2.75, 3.05) is 20.3 Å². The summed E-state index contributed by atoms with van der Waals surface area (Å²) < 4.78 is 35.9. The fraction of sp³-hybridized carbons (Fsp3) is 0.429. The van der Waals surface area contributed by atoms with E-state index in [4.69, 9.17) is 10.5 Å². The van der Waals surface area contributed by atoms with Crippen molar-refractivity contribution in [2.24, 2.45) is 5.73 Å². The van der Waals surface area contributed by atoms with Gasteiger partial charge in [0, 0.05) is 13.0 Å². The highest BCUT2D eigenvalue weighted by molar-refractivity contribution is 7.89. The first-order valence-corrected chi connectivity index (χ1v) is 8.48. The van der Waals surface area contributed by atoms with Crippen molar-refractivity contribution >= 4 is 21.9 Å². The number of carbonyl (C=O) groups is 2. The first-order chi connectivity index (χ1) is 11.3. The number of benzene rings is 1. The normalized spacial score (nSPS) is 21.4. The molecular formula is C14H18N2O7S. The number of methoxy groups -OCH3 is 1. The Morgan fingerprint density at radius 2 is 1.96 bits per heavy atom. The Balaban J connectivity index is 2.25. The van der Waals surface area contributed by atoms with Crippen molar-refractivity contribution in [3.63, 3.8) is 0 Å². The Kier molecular flexibility index (Phi) is 5.42. The fourth-order valence-electron chi connectivity index (χ4n) is 2.39. The van der Waals surface area contributed by atoms with Gasteiger partial charge in [-0.1, -0.05) is 0 Å². The first kappa shape index (κ1) is 18.2. The van der Waals surface area contributed by atoms with Crippen LogP contribution >= 0.6 is 0 Å². The number of ether oxygens (including phenoxy) is 2. The molecule has 1 amide bonds. The van der Waals surface area contributed by atoms with E-state index in [9.17, 15) is 23.1 Å². The van der Waals surface area contributed by atoms with Crippen molar-refractivity contribution in [2.45, 2.75) is 23.5 Å². The highest BCUT2D eigenvalue weighted by Gasteiger charge is 2.44. The van der Waals surface area contributed by atoms with Gasteiger partial charge in [0.15, 0.2) is 6.61 Å². The lowest BCUT2D eigenvalue weighted by Gasteiger charge is -2.22. The predicted molar refractivity (Wildman–Crippen MR) is 81.5 cm³/mol. The van der Waals surface area contributed by atoms with Gasteiger partial charge in [0.2, 0.25) is 10.0 Å². The number of hydrogen-bond acceptors (Lipinski definition) is 7. The van der Waals surface area contributed by atoms with E-state index in [2.05, 4.69) is 4.74 Å². The molecule has 2 rings (SSSR count). The van der Waals surface area contributed by atoms with Crippen LogP contribution in [0, 0.1) is 0 Å². The number of nitrogens with zero attached hydrogens (tertiary/aromatic N) is 1. The number of aliphatic hydroxyl groups excluding tert-OH is 1. The van der Waals surface area contributed by atoms with Crippen LogP contribution in [0.5, 0.6) is 5.75 Å². The Hall–Kier alpha value is -2.17. The second-order valence-electron chi connectivity index (χ2n) is 5.23. The molecule has 1 aliphatic heterocycles. The highest BCUT2D eigenvalue weighted by atomic mass is 32.2. The molecule has 1 saturated heterocycles. The third-order valence-corrected chi connectivity index (χ3v) is 5.42. The number of sulfonamides is 1. The van der Waals surface area contributed by atoms with Crippen LogP contribution in [0.2, 0.25) is 0 Å². The third-order valence-electron chi connectivity index (χ3n) is 3.53. The number of hydrogen-bond donors (Lipinski definition) is 2. The van der Waals surface area contributed by atoms with Gasteiger partial charge in [0.25, 0.3) is 5.91 Å². The van der Waals surface area contributed by atoms with Gasteiger partial charge in [-0.3, -0.25) is 9.59 Å². The van der Waals surface area contributed by atoms with Crippen molar-refractivity contribution in [3.8, 4) is 5.75 Å². The highest BCUT2D eigenvalue weighted by Crippen LogP contribution is 2.28. The molecule has 10 heteroatoms. The number of amides is 1. The monoisotopic (exact) mass is 358 g/mol. The van der Waals surface area contributed by atoms with Crippen molar-refractivity contribution in [1.82, 2.24) is 4.31 Å². The summed E-state index contributed by atoms with van der Waals surface area (Å²) in [5, 5.41) is 9.76. The van der Waals surface area contributed by atoms with Gasteiger partial charge in [0.1, 0.15) is 11.8 Å². The molecule has 2 unspecified atom stereocenters. The lowest BCUT2D eigenvalue weighted by molar-refractivity contribution is -0.151. The zero-order chi connectivity index (χ0) is 17.9. The molecule has 1 heterocycles. The maximum Gasteiger partial charge on any atom is 0.325 e. The Bertz CT molecular complexity index is 717. The second kappa shape index (κ2) is 7.16. The number of nitrogens with two attached hydrogens (primary N) is 1. The lowest BCUT2D eigenvalue weighted by atomic mass is 10.2. The zero-order valence-corrected chi connectivity index (χ0v) is 13.7. The smallest absolute Gasteiger partial charge is 0.325 e. The van der Waals surface area contributed by atoms with E-state index in [0.29, 0.717) is 5.75 Å².